The van der Waals surface area contributed by atoms with Crippen molar-refractivity contribution in [3.05, 3.63) is 0 Å². The van der Waals surface area contributed by atoms with Crippen molar-refractivity contribution >= 4 is 0 Å². The average Bonchev–Trinajstić information content (AvgIpc) is 1.95. The Kier molecular flexibility index (Phi) is 5.57. The molecule has 0 radical (unpaired) electrons. The van der Waals surface area contributed by atoms with E-state index in [9.17, 15) is 5.11 Å². The largest absolute Gasteiger partial charge is 0.389 e. The molecule has 2 heteroatoms. The third-order valence-electron chi connectivity index (χ3n) is 2.47. The van der Waals surface area contributed by atoms with Crippen molar-refractivity contribution in [3.63, 3.8) is 0 Å². The third kappa shape index (κ3) is 7.03. The van der Waals surface area contributed by atoms with Crippen LogP contribution < -0.4 is 5.32 Å². The summed E-state index contributed by atoms with van der Waals surface area (Å²) in [7, 11) is 0. The monoisotopic (exact) mass is 187 g/mol. The number of hydrogen-bond donors (Lipinski definition) is 2. The molecule has 1 unspecified atom stereocenters. The quantitative estimate of drug-likeness (QED) is 0.625. The number of rotatable bonds is 6. The zero-order valence-electron chi connectivity index (χ0n) is 9.72. The van der Waals surface area contributed by atoms with Crippen molar-refractivity contribution in [2.75, 3.05) is 6.54 Å². The molecule has 0 aliphatic rings. The molecular weight excluding hydrogens is 162 g/mol. The second kappa shape index (κ2) is 5.61. The fourth-order valence-electron chi connectivity index (χ4n) is 1.08. The lowest BCUT2D eigenvalue weighted by molar-refractivity contribution is 0.0443. The van der Waals surface area contributed by atoms with Crippen molar-refractivity contribution in [3.8, 4) is 0 Å². The van der Waals surface area contributed by atoms with E-state index >= 15 is 0 Å². The van der Waals surface area contributed by atoms with Crippen LogP contribution in [0, 0.1) is 5.92 Å². The summed E-state index contributed by atoms with van der Waals surface area (Å²) >= 11 is 0. The van der Waals surface area contributed by atoms with Crippen LogP contribution in [0.15, 0.2) is 0 Å². The predicted octanol–water partition coefficient (Wildman–Crippen LogP) is 2.17. The highest BCUT2D eigenvalue weighted by molar-refractivity contribution is 4.79. The summed E-state index contributed by atoms with van der Waals surface area (Å²) in [6, 6.07) is 0.166. The fraction of sp³-hybridized carbons (Fsp3) is 1.00. The molecule has 0 spiro atoms. The molecule has 0 aromatic heterocycles. The van der Waals surface area contributed by atoms with Gasteiger partial charge in [-0.25, -0.2) is 0 Å². The molecule has 0 fully saturated rings. The van der Waals surface area contributed by atoms with E-state index < -0.39 is 5.60 Å². The van der Waals surface area contributed by atoms with Crippen LogP contribution in [0.1, 0.15) is 47.5 Å². The molecule has 0 amide bonds. The van der Waals surface area contributed by atoms with Crippen LogP contribution >= 0.6 is 0 Å². The molecule has 80 valence electrons. The molecule has 2 N–H and O–H groups in total. The second-order valence-electron chi connectivity index (χ2n) is 4.87. The van der Waals surface area contributed by atoms with Crippen molar-refractivity contribution in [2.24, 2.45) is 5.92 Å². The maximum Gasteiger partial charge on any atom is 0.0741 e. The molecule has 0 aromatic carbocycles. The van der Waals surface area contributed by atoms with Crippen LogP contribution in [0.4, 0.5) is 0 Å². The zero-order chi connectivity index (χ0) is 10.5. The van der Waals surface area contributed by atoms with Crippen molar-refractivity contribution in [2.45, 2.75) is 59.1 Å². The molecule has 13 heavy (non-hydrogen) atoms. The normalized spacial score (nSPS) is 15.0. The van der Waals surface area contributed by atoms with Gasteiger partial charge in [-0.2, -0.15) is 0 Å². The van der Waals surface area contributed by atoms with Crippen molar-refractivity contribution < 1.29 is 5.11 Å². The molecule has 0 rings (SSSR count). The van der Waals surface area contributed by atoms with Gasteiger partial charge in [0.2, 0.25) is 0 Å². The van der Waals surface area contributed by atoms with E-state index in [1.54, 1.807) is 0 Å². The molecule has 1 atom stereocenters. The van der Waals surface area contributed by atoms with E-state index in [0.29, 0.717) is 0 Å². The van der Waals surface area contributed by atoms with Gasteiger partial charge in [0.25, 0.3) is 0 Å². The first-order valence-electron chi connectivity index (χ1n) is 5.29. The molecule has 0 bridgehead atoms. The molecule has 0 aliphatic heterocycles. The number of hydrogen-bond acceptors (Lipinski definition) is 2. The van der Waals surface area contributed by atoms with Crippen LogP contribution in [-0.2, 0) is 0 Å². The first kappa shape index (κ1) is 12.9. The topological polar surface area (TPSA) is 32.3 Å². The SMILES string of the molecule is CC(C)CCCNC(C)C(C)(C)O. The Hall–Kier alpha value is -0.0800. The van der Waals surface area contributed by atoms with Gasteiger partial charge in [-0.3, -0.25) is 0 Å². The summed E-state index contributed by atoms with van der Waals surface area (Å²) in [5.41, 5.74) is -0.613. The van der Waals surface area contributed by atoms with E-state index in [0.717, 1.165) is 12.5 Å². The van der Waals surface area contributed by atoms with E-state index in [4.69, 9.17) is 0 Å². The van der Waals surface area contributed by atoms with Gasteiger partial charge in [0, 0.05) is 6.04 Å². The Morgan fingerprint density at radius 3 is 2.15 bits per heavy atom. The summed E-state index contributed by atoms with van der Waals surface area (Å²) in [6.45, 7) is 11.2. The van der Waals surface area contributed by atoms with E-state index in [-0.39, 0.29) is 6.04 Å². The second-order valence-corrected chi connectivity index (χ2v) is 4.87. The lowest BCUT2D eigenvalue weighted by Gasteiger charge is -2.26. The van der Waals surface area contributed by atoms with E-state index in [1.165, 1.54) is 12.8 Å². The summed E-state index contributed by atoms with van der Waals surface area (Å²) in [5.74, 6) is 0.777. The van der Waals surface area contributed by atoms with Gasteiger partial charge in [0.15, 0.2) is 0 Å². The van der Waals surface area contributed by atoms with Gasteiger partial charge in [0.05, 0.1) is 5.60 Å². The van der Waals surface area contributed by atoms with Gasteiger partial charge in [0.1, 0.15) is 0 Å². The van der Waals surface area contributed by atoms with Crippen molar-refractivity contribution in [1.82, 2.24) is 5.32 Å². The molecule has 0 saturated carbocycles. The highest BCUT2D eigenvalue weighted by atomic mass is 16.3. The minimum absolute atomic E-state index is 0.166. The Morgan fingerprint density at radius 1 is 1.23 bits per heavy atom. The smallest absolute Gasteiger partial charge is 0.0741 e. The fourth-order valence-corrected chi connectivity index (χ4v) is 1.08. The molecule has 2 nitrogen and oxygen atoms in total. The predicted molar refractivity (Wildman–Crippen MR) is 57.8 cm³/mol. The number of nitrogens with one attached hydrogen (secondary N) is 1. The van der Waals surface area contributed by atoms with Crippen LogP contribution in [0.5, 0.6) is 0 Å². The molecule has 0 aromatic rings. The average molecular weight is 187 g/mol. The summed E-state index contributed by atoms with van der Waals surface area (Å²) in [6.07, 6.45) is 2.45. The Bertz CT molecular complexity index is 127. The first-order chi connectivity index (χ1) is 5.84. The summed E-state index contributed by atoms with van der Waals surface area (Å²) in [4.78, 5) is 0. The maximum atomic E-state index is 9.63. The maximum absolute atomic E-state index is 9.63. The van der Waals surface area contributed by atoms with Gasteiger partial charge in [-0.05, 0) is 46.1 Å². The lowest BCUT2D eigenvalue weighted by Crippen LogP contribution is -2.44. The van der Waals surface area contributed by atoms with Crippen LogP contribution in [0.2, 0.25) is 0 Å². The molecule has 0 aliphatic carbocycles. The highest BCUT2D eigenvalue weighted by Gasteiger charge is 2.20. The van der Waals surface area contributed by atoms with E-state index in [2.05, 4.69) is 19.2 Å². The standard InChI is InChI=1S/C11H25NO/c1-9(2)7-6-8-12-10(3)11(4,5)13/h9-10,12-13H,6-8H2,1-5H3. The summed E-state index contributed by atoms with van der Waals surface area (Å²) < 4.78 is 0. The van der Waals surface area contributed by atoms with Gasteiger partial charge >= 0.3 is 0 Å². The van der Waals surface area contributed by atoms with Gasteiger partial charge in [-0.15, -0.1) is 0 Å². The van der Waals surface area contributed by atoms with E-state index in [1.807, 2.05) is 20.8 Å². The molecule has 0 saturated heterocycles. The Labute approximate surface area is 82.7 Å². The lowest BCUT2D eigenvalue weighted by atomic mass is 10.0. The summed E-state index contributed by atoms with van der Waals surface area (Å²) in [5, 5.41) is 13.0. The van der Waals surface area contributed by atoms with Crippen LogP contribution in [0.3, 0.4) is 0 Å². The van der Waals surface area contributed by atoms with Gasteiger partial charge in [-0.1, -0.05) is 13.8 Å². The highest BCUT2D eigenvalue weighted by Crippen LogP contribution is 2.08. The van der Waals surface area contributed by atoms with Crippen LogP contribution in [0.25, 0.3) is 0 Å². The molecule has 0 heterocycles. The van der Waals surface area contributed by atoms with Gasteiger partial charge < -0.3 is 10.4 Å². The van der Waals surface area contributed by atoms with Crippen molar-refractivity contribution in [1.29, 1.82) is 0 Å². The van der Waals surface area contributed by atoms with Crippen LogP contribution in [-0.4, -0.2) is 23.3 Å². The number of aliphatic hydroxyl groups is 1. The Balaban J connectivity index is 3.43. The minimum Gasteiger partial charge on any atom is -0.389 e. The third-order valence-corrected chi connectivity index (χ3v) is 2.47. The zero-order valence-corrected chi connectivity index (χ0v) is 9.72. The molecular formula is C11H25NO. The first-order valence-corrected chi connectivity index (χ1v) is 5.29. The minimum atomic E-state index is -0.613. The Morgan fingerprint density at radius 2 is 1.77 bits per heavy atom.